The van der Waals surface area contributed by atoms with Crippen LogP contribution in [-0.4, -0.2) is 4.98 Å². The number of nitrogens with one attached hydrogen (secondary N) is 1. The van der Waals surface area contributed by atoms with Gasteiger partial charge in [0.1, 0.15) is 0 Å². The van der Waals surface area contributed by atoms with Crippen LogP contribution in [0.2, 0.25) is 0 Å². The summed E-state index contributed by atoms with van der Waals surface area (Å²) in [6.07, 6.45) is 4.28. The van der Waals surface area contributed by atoms with Crippen LogP contribution in [0.4, 0.5) is 0 Å². The van der Waals surface area contributed by atoms with E-state index in [-0.39, 0.29) is 0 Å². The van der Waals surface area contributed by atoms with Crippen molar-refractivity contribution >= 4 is 45.0 Å². The minimum Gasteiger partial charge on any atom is -0.354 e. The van der Waals surface area contributed by atoms with Crippen LogP contribution in [0.25, 0.3) is 22.4 Å². The molecular weight excluding hydrogens is 272 g/mol. The average Bonchev–Trinajstić information content (AvgIpc) is 2.97. The van der Waals surface area contributed by atoms with Gasteiger partial charge in [0.05, 0.1) is 25.8 Å². The average molecular weight is 284 g/mol. The largest absolute Gasteiger partial charge is 0.354 e. The van der Waals surface area contributed by atoms with Gasteiger partial charge >= 0.3 is 0 Å². The second-order valence-electron chi connectivity index (χ2n) is 4.79. The van der Waals surface area contributed by atoms with Gasteiger partial charge in [-0.1, -0.05) is 0 Å². The van der Waals surface area contributed by atoms with Crippen molar-refractivity contribution in [2.45, 2.75) is 13.8 Å². The first kappa shape index (κ1) is 11.2. The van der Waals surface area contributed by atoms with Crippen molar-refractivity contribution < 1.29 is 0 Å². The van der Waals surface area contributed by atoms with Gasteiger partial charge in [-0.15, -0.1) is 22.7 Å². The van der Waals surface area contributed by atoms with E-state index < -0.39 is 0 Å². The lowest BCUT2D eigenvalue weighted by Crippen LogP contribution is -2.12. The van der Waals surface area contributed by atoms with Crippen molar-refractivity contribution in [3.8, 4) is 0 Å². The molecule has 2 nitrogen and oxygen atoms in total. The van der Waals surface area contributed by atoms with Crippen LogP contribution in [0, 0.1) is 13.8 Å². The van der Waals surface area contributed by atoms with Crippen LogP contribution in [0.5, 0.6) is 0 Å². The summed E-state index contributed by atoms with van der Waals surface area (Å²) in [7, 11) is 0. The Hall–Kier alpha value is -1.65. The Morgan fingerprint density at radius 1 is 1.11 bits per heavy atom. The molecule has 0 aliphatic carbocycles. The molecule has 1 aliphatic heterocycles. The normalized spacial score (nSPS) is 15.8. The Bertz CT molecular complexity index is 868. The maximum Gasteiger partial charge on any atom is 0.0820 e. The summed E-state index contributed by atoms with van der Waals surface area (Å²) < 4.78 is 2.58. The zero-order valence-corrected chi connectivity index (χ0v) is 12.3. The first-order valence-corrected chi connectivity index (χ1v) is 7.78. The van der Waals surface area contributed by atoms with E-state index in [0.717, 1.165) is 16.7 Å². The molecule has 0 aromatic carbocycles. The first-order valence-electron chi connectivity index (χ1n) is 6.15. The summed E-state index contributed by atoms with van der Waals surface area (Å²) in [5, 5.41) is 1.11. The van der Waals surface area contributed by atoms with Crippen LogP contribution in [0.3, 0.4) is 0 Å². The van der Waals surface area contributed by atoms with Crippen LogP contribution >= 0.6 is 22.7 Å². The molecule has 0 unspecified atom stereocenters. The zero-order chi connectivity index (χ0) is 13.0. The first-order chi connectivity index (χ1) is 9.17. The van der Waals surface area contributed by atoms with Crippen molar-refractivity contribution in [3.63, 3.8) is 0 Å². The highest BCUT2D eigenvalue weighted by atomic mass is 32.1. The molecule has 4 rings (SSSR count). The van der Waals surface area contributed by atoms with E-state index in [4.69, 9.17) is 0 Å². The molecule has 19 heavy (non-hydrogen) atoms. The van der Waals surface area contributed by atoms with Gasteiger partial charge in [0.15, 0.2) is 0 Å². The van der Waals surface area contributed by atoms with Crippen molar-refractivity contribution in [2.75, 3.05) is 0 Å². The molecule has 3 aromatic heterocycles. The highest BCUT2D eigenvalue weighted by Gasteiger charge is 2.06. The third-order valence-electron chi connectivity index (χ3n) is 3.14. The molecule has 94 valence electrons. The quantitative estimate of drug-likeness (QED) is 0.710. The van der Waals surface area contributed by atoms with E-state index in [1.54, 1.807) is 11.3 Å². The molecule has 0 saturated heterocycles. The maximum absolute atomic E-state index is 4.64. The molecule has 0 radical (unpaired) electrons. The van der Waals surface area contributed by atoms with Crippen LogP contribution in [0.1, 0.15) is 15.4 Å². The topological polar surface area (TPSA) is 28.1 Å². The monoisotopic (exact) mass is 284 g/mol. The number of allylic oxidation sites excluding steroid dienone is 1. The molecule has 0 bridgehead atoms. The van der Waals surface area contributed by atoms with Crippen molar-refractivity contribution in [3.05, 3.63) is 49.2 Å². The summed E-state index contributed by atoms with van der Waals surface area (Å²) in [4.78, 5) is 10.7. The molecule has 0 spiro atoms. The van der Waals surface area contributed by atoms with Crippen molar-refractivity contribution in [1.82, 2.24) is 4.98 Å². The van der Waals surface area contributed by atoms with E-state index in [1.807, 2.05) is 11.3 Å². The minimum absolute atomic E-state index is 1.03. The Kier molecular flexibility index (Phi) is 2.31. The minimum atomic E-state index is 1.03. The highest BCUT2D eigenvalue weighted by molar-refractivity contribution is 7.19. The fraction of sp³-hybridized carbons (Fsp3) is 0.133. The van der Waals surface area contributed by atoms with Gasteiger partial charge in [-0.2, -0.15) is 0 Å². The lowest BCUT2D eigenvalue weighted by Gasteiger charge is -1.89. The van der Waals surface area contributed by atoms with Crippen molar-refractivity contribution in [1.29, 1.82) is 0 Å². The molecule has 1 aliphatic rings. The third-order valence-corrected chi connectivity index (χ3v) is 5.13. The van der Waals surface area contributed by atoms with Gasteiger partial charge in [0, 0.05) is 15.4 Å². The smallest absolute Gasteiger partial charge is 0.0820 e. The molecule has 0 amide bonds. The number of H-pyrrole nitrogens is 1. The predicted octanol–water partition coefficient (Wildman–Crippen LogP) is 3.36. The Morgan fingerprint density at radius 3 is 2.74 bits per heavy atom. The summed E-state index contributed by atoms with van der Waals surface area (Å²) in [6.45, 7) is 4.26. The van der Waals surface area contributed by atoms with Crippen molar-refractivity contribution in [2.24, 2.45) is 4.99 Å². The van der Waals surface area contributed by atoms with Crippen LogP contribution in [-0.2, 0) is 0 Å². The lowest BCUT2D eigenvalue weighted by molar-refractivity contribution is 1.34. The number of hydrogen-bond acceptors (Lipinski definition) is 3. The molecule has 4 heteroatoms. The fourth-order valence-corrected chi connectivity index (χ4v) is 4.23. The van der Waals surface area contributed by atoms with Crippen LogP contribution < -0.4 is 9.89 Å². The summed E-state index contributed by atoms with van der Waals surface area (Å²) in [5.74, 6) is 0. The number of aromatic amines is 1. The maximum atomic E-state index is 4.64. The number of nitrogens with zero attached hydrogens (tertiary/aromatic N) is 1. The van der Waals surface area contributed by atoms with Crippen LogP contribution in [0.15, 0.2) is 28.9 Å². The molecular formula is C15H12N2S2. The molecule has 4 heterocycles. The Labute approximate surface area is 118 Å². The lowest BCUT2D eigenvalue weighted by atomic mass is 10.3. The SMILES string of the molecule is Cc1cc2c(s1)=C/C(=C/c1cc3sc(C)cc3[nH]1)N=2. The Balaban J connectivity index is 1.77. The predicted molar refractivity (Wildman–Crippen MR) is 83.2 cm³/mol. The number of aromatic nitrogens is 1. The molecule has 3 aromatic rings. The number of aryl methyl sites for hydroxylation is 2. The molecule has 0 atom stereocenters. The van der Waals surface area contributed by atoms with Gasteiger partial charge in [-0.05, 0) is 44.2 Å². The molecule has 1 N–H and O–H groups in total. The van der Waals surface area contributed by atoms with Gasteiger partial charge in [0.2, 0.25) is 0 Å². The van der Waals surface area contributed by atoms with Gasteiger partial charge in [-0.3, -0.25) is 0 Å². The van der Waals surface area contributed by atoms with E-state index in [9.17, 15) is 0 Å². The second-order valence-corrected chi connectivity index (χ2v) is 7.37. The molecule has 0 fully saturated rings. The Morgan fingerprint density at radius 2 is 1.95 bits per heavy atom. The highest BCUT2D eigenvalue weighted by Crippen LogP contribution is 2.26. The van der Waals surface area contributed by atoms with Gasteiger partial charge < -0.3 is 4.98 Å². The summed E-state index contributed by atoms with van der Waals surface area (Å²) >= 11 is 3.62. The summed E-state index contributed by atoms with van der Waals surface area (Å²) in [5.41, 5.74) is 3.38. The third kappa shape index (κ3) is 1.88. The summed E-state index contributed by atoms with van der Waals surface area (Å²) in [6, 6.07) is 6.53. The fourth-order valence-electron chi connectivity index (χ4n) is 2.40. The van der Waals surface area contributed by atoms with E-state index in [0.29, 0.717) is 0 Å². The van der Waals surface area contributed by atoms with E-state index in [1.165, 1.54) is 24.5 Å². The zero-order valence-electron chi connectivity index (χ0n) is 10.7. The number of fused-ring (bicyclic) bond motifs is 2. The van der Waals surface area contributed by atoms with E-state index >= 15 is 0 Å². The molecule has 0 saturated carbocycles. The standard InChI is InChI=1S/C15H12N2S2/c1-8-3-12-14(18-8)6-10(16-12)5-11-7-15-13(17-11)4-9(2)19-15/h3-7,16H,1-2H3/b11-5-. The number of rotatable bonds is 1. The van der Waals surface area contributed by atoms with E-state index in [2.05, 4.69) is 54.2 Å². The second kappa shape index (κ2) is 3.92. The van der Waals surface area contributed by atoms with Gasteiger partial charge in [0.25, 0.3) is 0 Å². The number of hydrogen-bond donors (Lipinski definition) is 1. The van der Waals surface area contributed by atoms with Gasteiger partial charge in [-0.25, -0.2) is 4.99 Å². The number of thiophene rings is 2.